The Labute approximate surface area is 144 Å². The van der Waals surface area contributed by atoms with Crippen LogP contribution in [0.5, 0.6) is 0 Å². The average Bonchev–Trinajstić information content (AvgIpc) is 2.61. The van der Waals surface area contributed by atoms with Gasteiger partial charge in [0, 0.05) is 25.6 Å². The summed E-state index contributed by atoms with van der Waals surface area (Å²) in [5, 5.41) is 9.02. The number of amides is 2. The summed E-state index contributed by atoms with van der Waals surface area (Å²) in [4.78, 5) is 39.6. The minimum Gasteiger partial charge on any atom is -0.481 e. The molecule has 0 unspecified atom stereocenters. The number of carbonyl (C=O) groups is 3. The molecule has 0 radical (unpaired) electrons. The molecule has 2 aliphatic rings. The summed E-state index contributed by atoms with van der Waals surface area (Å²) in [6.07, 6.45) is 7.03. The predicted octanol–water partition coefficient (Wildman–Crippen LogP) is 2.13. The van der Waals surface area contributed by atoms with Crippen LogP contribution in [-0.2, 0) is 14.4 Å². The molecule has 24 heavy (non-hydrogen) atoms. The van der Waals surface area contributed by atoms with Gasteiger partial charge in [-0.1, -0.05) is 26.2 Å². The summed E-state index contributed by atoms with van der Waals surface area (Å²) in [5.41, 5.74) is -0.288. The monoisotopic (exact) mass is 338 g/mol. The van der Waals surface area contributed by atoms with Crippen molar-refractivity contribution in [3.63, 3.8) is 0 Å². The Morgan fingerprint density at radius 1 is 1.12 bits per heavy atom. The number of carboxylic acid groups (broad SMARTS) is 1. The lowest BCUT2D eigenvalue weighted by Crippen LogP contribution is -2.49. The number of likely N-dealkylation sites (tertiary alicyclic amines) is 1. The van der Waals surface area contributed by atoms with Crippen LogP contribution in [0.3, 0.4) is 0 Å². The van der Waals surface area contributed by atoms with Gasteiger partial charge in [0.1, 0.15) is 0 Å². The van der Waals surface area contributed by atoms with E-state index in [2.05, 4.69) is 6.92 Å². The molecule has 0 aromatic carbocycles. The van der Waals surface area contributed by atoms with Gasteiger partial charge in [0.15, 0.2) is 0 Å². The third-order valence-electron chi connectivity index (χ3n) is 5.86. The lowest BCUT2D eigenvalue weighted by Gasteiger charge is -2.38. The third-order valence-corrected chi connectivity index (χ3v) is 5.86. The largest absolute Gasteiger partial charge is 0.481 e. The van der Waals surface area contributed by atoms with Gasteiger partial charge < -0.3 is 14.9 Å². The molecule has 6 heteroatoms. The van der Waals surface area contributed by atoms with Crippen molar-refractivity contribution in [2.45, 2.75) is 58.3 Å². The van der Waals surface area contributed by atoms with Gasteiger partial charge in [-0.25, -0.2) is 0 Å². The van der Waals surface area contributed by atoms with Crippen LogP contribution in [0.25, 0.3) is 0 Å². The number of piperidine rings is 1. The van der Waals surface area contributed by atoms with Crippen LogP contribution >= 0.6 is 0 Å². The molecule has 1 saturated heterocycles. The van der Waals surface area contributed by atoms with Gasteiger partial charge in [-0.2, -0.15) is 0 Å². The van der Waals surface area contributed by atoms with Crippen LogP contribution in [0.4, 0.5) is 0 Å². The van der Waals surface area contributed by atoms with Gasteiger partial charge in [0.05, 0.1) is 12.5 Å². The van der Waals surface area contributed by atoms with Gasteiger partial charge in [0.25, 0.3) is 0 Å². The van der Waals surface area contributed by atoms with Crippen molar-refractivity contribution in [3.8, 4) is 0 Å². The second-order valence-corrected chi connectivity index (χ2v) is 7.35. The molecule has 1 N–H and O–H groups in total. The fraction of sp³-hybridized carbons (Fsp3) is 0.833. The van der Waals surface area contributed by atoms with Crippen molar-refractivity contribution in [1.82, 2.24) is 9.80 Å². The van der Waals surface area contributed by atoms with E-state index >= 15 is 0 Å². The van der Waals surface area contributed by atoms with Crippen molar-refractivity contribution in [2.75, 3.05) is 26.7 Å². The van der Waals surface area contributed by atoms with Gasteiger partial charge in [-0.15, -0.1) is 0 Å². The molecule has 0 bridgehead atoms. The number of carbonyl (C=O) groups excluding carboxylic acids is 2. The first kappa shape index (κ1) is 18.7. The minimum atomic E-state index is -0.781. The van der Waals surface area contributed by atoms with Crippen LogP contribution in [0.15, 0.2) is 0 Å². The molecule has 1 aliphatic carbocycles. The second-order valence-electron chi connectivity index (χ2n) is 7.35. The normalized spacial score (nSPS) is 21.3. The van der Waals surface area contributed by atoms with E-state index in [9.17, 15) is 14.4 Å². The van der Waals surface area contributed by atoms with Crippen molar-refractivity contribution in [2.24, 2.45) is 11.3 Å². The van der Waals surface area contributed by atoms with E-state index in [1.165, 1.54) is 6.42 Å². The molecule has 2 fully saturated rings. The van der Waals surface area contributed by atoms with Crippen molar-refractivity contribution < 1.29 is 19.5 Å². The number of likely N-dealkylation sites (N-methyl/N-ethyl adjacent to an activating group) is 1. The lowest BCUT2D eigenvalue weighted by molar-refractivity contribution is -0.149. The fourth-order valence-electron chi connectivity index (χ4n) is 4.10. The standard InChI is InChI=1S/C18H30N2O4/c1-3-18(9-5-4-6-10-18)17(24)19(2)13-15(21)20-11-7-14(8-12-20)16(22)23/h14H,3-13H2,1-2H3,(H,22,23). The number of aliphatic carboxylic acids is 1. The van der Waals surface area contributed by atoms with E-state index in [4.69, 9.17) is 5.11 Å². The summed E-state index contributed by atoms with van der Waals surface area (Å²) >= 11 is 0. The van der Waals surface area contributed by atoms with Gasteiger partial charge in [0.2, 0.25) is 11.8 Å². The highest BCUT2D eigenvalue weighted by Crippen LogP contribution is 2.40. The van der Waals surface area contributed by atoms with Crippen molar-refractivity contribution in [3.05, 3.63) is 0 Å². The van der Waals surface area contributed by atoms with Crippen molar-refractivity contribution in [1.29, 1.82) is 0 Å². The van der Waals surface area contributed by atoms with Crippen molar-refractivity contribution >= 4 is 17.8 Å². The highest BCUT2D eigenvalue weighted by Gasteiger charge is 2.40. The maximum atomic E-state index is 12.9. The first-order chi connectivity index (χ1) is 11.4. The summed E-state index contributed by atoms with van der Waals surface area (Å²) in [6.45, 7) is 3.10. The molecule has 2 rings (SSSR count). The van der Waals surface area contributed by atoms with Crippen LogP contribution in [0, 0.1) is 11.3 Å². The topological polar surface area (TPSA) is 77.9 Å². The van der Waals surface area contributed by atoms with Crippen LogP contribution in [-0.4, -0.2) is 59.4 Å². The first-order valence-corrected chi connectivity index (χ1v) is 9.16. The smallest absolute Gasteiger partial charge is 0.306 e. The van der Waals surface area contributed by atoms with E-state index in [1.807, 2.05) is 0 Å². The van der Waals surface area contributed by atoms with E-state index in [1.54, 1.807) is 16.8 Å². The molecular formula is C18H30N2O4. The number of nitrogens with zero attached hydrogens (tertiary/aromatic N) is 2. The molecule has 2 amide bonds. The third kappa shape index (κ3) is 4.08. The average molecular weight is 338 g/mol. The molecule has 0 aromatic rings. The van der Waals surface area contributed by atoms with E-state index in [-0.39, 0.29) is 29.7 Å². The Bertz CT molecular complexity index is 477. The van der Waals surface area contributed by atoms with E-state index < -0.39 is 5.97 Å². The summed E-state index contributed by atoms with van der Waals surface area (Å²) < 4.78 is 0. The molecule has 1 aliphatic heterocycles. The molecular weight excluding hydrogens is 308 g/mol. The van der Waals surface area contributed by atoms with Gasteiger partial charge in [-0.05, 0) is 32.1 Å². The van der Waals surface area contributed by atoms with Crippen LogP contribution < -0.4 is 0 Å². The summed E-state index contributed by atoms with van der Waals surface area (Å²) in [5.74, 6) is -1.11. The zero-order valence-corrected chi connectivity index (χ0v) is 14.9. The minimum absolute atomic E-state index is 0.0725. The number of carboxylic acids is 1. The Hall–Kier alpha value is -1.59. The predicted molar refractivity (Wildman–Crippen MR) is 90.4 cm³/mol. The molecule has 6 nitrogen and oxygen atoms in total. The Kier molecular flexibility index (Phi) is 6.24. The Morgan fingerprint density at radius 3 is 2.21 bits per heavy atom. The zero-order valence-electron chi connectivity index (χ0n) is 14.9. The Morgan fingerprint density at radius 2 is 1.71 bits per heavy atom. The maximum Gasteiger partial charge on any atom is 0.306 e. The van der Waals surface area contributed by atoms with Gasteiger partial charge >= 0.3 is 5.97 Å². The second kappa shape index (κ2) is 7.99. The fourth-order valence-corrected chi connectivity index (χ4v) is 4.10. The highest BCUT2D eigenvalue weighted by atomic mass is 16.4. The van der Waals surface area contributed by atoms with E-state index in [0.29, 0.717) is 25.9 Å². The first-order valence-electron chi connectivity index (χ1n) is 9.16. The quantitative estimate of drug-likeness (QED) is 0.833. The molecule has 0 spiro atoms. The van der Waals surface area contributed by atoms with Gasteiger partial charge in [-0.3, -0.25) is 14.4 Å². The Balaban J connectivity index is 1.89. The zero-order chi connectivity index (χ0) is 17.7. The summed E-state index contributed by atoms with van der Waals surface area (Å²) in [7, 11) is 1.72. The number of rotatable bonds is 5. The van der Waals surface area contributed by atoms with Crippen LogP contribution in [0.1, 0.15) is 58.3 Å². The molecule has 136 valence electrons. The molecule has 1 saturated carbocycles. The summed E-state index contributed by atoms with van der Waals surface area (Å²) in [6, 6.07) is 0. The lowest BCUT2D eigenvalue weighted by atomic mass is 9.71. The van der Waals surface area contributed by atoms with Crippen LogP contribution in [0.2, 0.25) is 0 Å². The van der Waals surface area contributed by atoms with E-state index in [0.717, 1.165) is 32.1 Å². The SMILES string of the molecule is CCC1(C(=O)N(C)CC(=O)N2CCC(C(=O)O)CC2)CCCCC1. The number of hydrogen-bond donors (Lipinski definition) is 1. The molecule has 0 atom stereocenters. The number of hydrogen-bond acceptors (Lipinski definition) is 3. The maximum absolute atomic E-state index is 12.9. The molecule has 1 heterocycles. The molecule has 0 aromatic heterocycles. The highest BCUT2D eigenvalue weighted by molar-refractivity contribution is 5.88.